The maximum Gasteiger partial charge on any atom is 0.339 e. The van der Waals surface area contributed by atoms with Crippen LogP contribution >= 0.6 is 0 Å². The van der Waals surface area contributed by atoms with Gasteiger partial charge in [0.25, 0.3) is 0 Å². The van der Waals surface area contributed by atoms with E-state index in [1.54, 1.807) is 7.05 Å². The lowest BCUT2D eigenvalue weighted by atomic mass is 10.2. The zero-order valence-electron chi connectivity index (χ0n) is 11.3. The summed E-state index contributed by atoms with van der Waals surface area (Å²) in [5, 5.41) is 16.4. The molecule has 112 valence electrons. The smallest absolute Gasteiger partial charge is 0.339 e. The molecule has 0 atom stereocenters. The van der Waals surface area contributed by atoms with Crippen molar-refractivity contribution in [2.75, 3.05) is 7.11 Å². The first-order valence-corrected chi connectivity index (χ1v) is 7.48. The largest absolute Gasteiger partial charge is 0.496 e. The predicted molar refractivity (Wildman–Crippen MR) is 71.8 cm³/mol. The lowest BCUT2D eigenvalue weighted by Crippen LogP contribution is -2.08. The first kappa shape index (κ1) is 15.0. The number of hydrogen-bond acceptors (Lipinski definition) is 6. The van der Waals surface area contributed by atoms with E-state index < -0.39 is 15.8 Å². The number of carboxylic acid groups (broad SMARTS) is 1. The van der Waals surface area contributed by atoms with Crippen LogP contribution in [0, 0.1) is 0 Å². The standard InChI is InChI=1S/C12H13N3O5S/c1-15-6-8(13-14-15)7-21(18,19)9-3-4-11(20-2)10(5-9)12(16)17/h3-6H,7H2,1-2H3,(H,16,17). The van der Waals surface area contributed by atoms with Crippen molar-refractivity contribution < 1.29 is 23.1 Å². The van der Waals surface area contributed by atoms with Crippen molar-refractivity contribution >= 4 is 15.8 Å². The van der Waals surface area contributed by atoms with Crippen molar-refractivity contribution in [1.29, 1.82) is 0 Å². The average molecular weight is 311 g/mol. The summed E-state index contributed by atoms with van der Waals surface area (Å²) in [6.07, 6.45) is 1.49. The third kappa shape index (κ3) is 3.19. The van der Waals surface area contributed by atoms with E-state index in [-0.39, 0.29) is 27.7 Å². The Morgan fingerprint density at radius 1 is 1.43 bits per heavy atom. The topological polar surface area (TPSA) is 111 Å². The summed E-state index contributed by atoms with van der Waals surface area (Å²) in [6, 6.07) is 3.69. The van der Waals surface area contributed by atoms with Crippen molar-refractivity contribution in [3.05, 3.63) is 35.7 Å². The fourth-order valence-electron chi connectivity index (χ4n) is 1.79. The van der Waals surface area contributed by atoms with Crippen LogP contribution in [-0.4, -0.2) is 41.6 Å². The van der Waals surface area contributed by atoms with E-state index in [0.29, 0.717) is 0 Å². The molecule has 0 saturated carbocycles. The molecule has 9 heteroatoms. The summed E-state index contributed by atoms with van der Waals surface area (Å²) in [4.78, 5) is 11.0. The number of rotatable bonds is 5. The number of methoxy groups -OCH3 is 1. The SMILES string of the molecule is COc1ccc(S(=O)(=O)Cc2cn(C)nn2)cc1C(=O)O. The molecular weight excluding hydrogens is 298 g/mol. The molecule has 0 aliphatic heterocycles. The van der Waals surface area contributed by atoms with Crippen LogP contribution in [0.1, 0.15) is 16.1 Å². The summed E-state index contributed by atoms with van der Waals surface area (Å²) in [7, 11) is -0.777. The molecule has 1 heterocycles. The highest BCUT2D eigenvalue weighted by Gasteiger charge is 2.21. The Kier molecular flexibility index (Phi) is 3.94. The Morgan fingerprint density at radius 3 is 2.67 bits per heavy atom. The summed E-state index contributed by atoms with van der Waals surface area (Å²) in [5.41, 5.74) is 0.0721. The van der Waals surface area contributed by atoms with Gasteiger partial charge in [0.15, 0.2) is 9.84 Å². The summed E-state index contributed by atoms with van der Waals surface area (Å²) >= 11 is 0. The Hall–Kier alpha value is -2.42. The third-order valence-corrected chi connectivity index (χ3v) is 4.40. The van der Waals surface area contributed by atoms with Crippen molar-refractivity contribution in [2.45, 2.75) is 10.6 Å². The van der Waals surface area contributed by atoms with Gasteiger partial charge in [-0.05, 0) is 18.2 Å². The molecule has 0 unspecified atom stereocenters. The third-order valence-electron chi connectivity index (χ3n) is 2.75. The number of nitrogens with zero attached hydrogens (tertiary/aromatic N) is 3. The van der Waals surface area contributed by atoms with Crippen LogP contribution in [-0.2, 0) is 22.6 Å². The average Bonchev–Trinajstić information content (AvgIpc) is 2.82. The molecule has 1 aromatic heterocycles. The highest BCUT2D eigenvalue weighted by molar-refractivity contribution is 7.90. The second-order valence-electron chi connectivity index (χ2n) is 4.31. The second kappa shape index (κ2) is 5.52. The molecule has 2 rings (SSSR count). The van der Waals surface area contributed by atoms with Gasteiger partial charge in [0.05, 0.1) is 17.7 Å². The molecule has 1 aromatic carbocycles. The Bertz CT molecular complexity index is 782. The molecule has 0 aliphatic rings. The fraction of sp³-hybridized carbons (Fsp3) is 0.250. The summed E-state index contributed by atoms with van der Waals surface area (Å²) in [6.45, 7) is 0. The van der Waals surface area contributed by atoms with Crippen LogP contribution in [0.4, 0.5) is 0 Å². The summed E-state index contributed by atoms with van der Waals surface area (Å²) < 4.78 is 30.8. The second-order valence-corrected chi connectivity index (χ2v) is 6.30. The van der Waals surface area contributed by atoms with Crippen LogP contribution < -0.4 is 4.74 Å². The molecule has 21 heavy (non-hydrogen) atoms. The lowest BCUT2D eigenvalue weighted by molar-refractivity contribution is 0.0693. The number of aromatic carboxylic acids is 1. The summed E-state index contributed by atoms with van der Waals surface area (Å²) in [5.74, 6) is -1.52. The van der Waals surface area contributed by atoms with Gasteiger partial charge in [-0.2, -0.15) is 0 Å². The Balaban J connectivity index is 2.40. The van der Waals surface area contributed by atoms with Gasteiger partial charge in [0, 0.05) is 13.2 Å². The van der Waals surface area contributed by atoms with E-state index in [2.05, 4.69) is 10.3 Å². The quantitative estimate of drug-likeness (QED) is 0.855. The first-order chi connectivity index (χ1) is 9.83. The Labute approximate surface area is 120 Å². The van der Waals surface area contributed by atoms with Crippen LogP contribution in [0.3, 0.4) is 0 Å². The normalized spacial score (nSPS) is 11.3. The van der Waals surface area contributed by atoms with E-state index >= 15 is 0 Å². The molecule has 1 N–H and O–H groups in total. The highest BCUT2D eigenvalue weighted by atomic mass is 32.2. The fourth-order valence-corrected chi connectivity index (χ4v) is 3.05. The van der Waals surface area contributed by atoms with Gasteiger partial charge in [-0.15, -0.1) is 5.10 Å². The van der Waals surface area contributed by atoms with Gasteiger partial charge in [0.1, 0.15) is 17.1 Å². The maximum atomic E-state index is 12.3. The maximum absolute atomic E-state index is 12.3. The van der Waals surface area contributed by atoms with Gasteiger partial charge in [0.2, 0.25) is 0 Å². The van der Waals surface area contributed by atoms with E-state index in [0.717, 1.165) is 6.07 Å². The number of aromatic nitrogens is 3. The zero-order valence-corrected chi connectivity index (χ0v) is 12.2. The van der Waals surface area contributed by atoms with Crippen molar-refractivity contribution in [2.24, 2.45) is 7.05 Å². The molecule has 0 bridgehead atoms. The zero-order chi connectivity index (χ0) is 15.6. The minimum absolute atomic E-state index is 0.0981. The minimum Gasteiger partial charge on any atom is -0.496 e. The van der Waals surface area contributed by atoms with Gasteiger partial charge in [-0.1, -0.05) is 5.21 Å². The van der Waals surface area contributed by atoms with Gasteiger partial charge in [-0.25, -0.2) is 13.2 Å². The number of carboxylic acids is 1. The van der Waals surface area contributed by atoms with Gasteiger partial charge in [-0.3, -0.25) is 4.68 Å². The van der Waals surface area contributed by atoms with Gasteiger partial charge < -0.3 is 9.84 Å². The van der Waals surface area contributed by atoms with E-state index in [1.165, 1.54) is 30.1 Å². The minimum atomic E-state index is -3.72. The van der Waals surface area contributed by atoms with Crippen molar-refractivity contribution in [3.63, 3.8) is 0 Å². The van der Waals surface area contributed by atoms with Gasteiger partial charge >= 0.3 is 5.97 Å². The monoisotopic (exact) mass is 311 g/mol. The van der Waals surface area contributed by atoms with Crippen molar-refractivity contribution in [1.82, 2.24) is 15.0 Å². The molecule has 0 aliphatic carbocycles. The molecule has 0 saturated heterocycles. The van der Waals surface area contributed by atoms with E-state index in [4.69, 9.17) is 9.84 Å². The molecule has 0 amide bonds. The van der Waals surface area contributed by atoms with E-state index in [1.807, 2.05) is 0 Å². The number of aryl methyl sites for hydroxylation is 1. The Morgan fingerprint density at radius 2 is 2.14 bits per heavy atom. The molecule has 2 aromatic rings. The van der Waals surface area contributed by atoms with E-state index in [9.17, 15) is 13.2 Å². The number of sulfone groups is 1. The number of ether oxygens (including phenoxy) is 1. The first-order valence-electron chi connectivity index (χ1n) is 5.83. The molecule has 0 spiro atoms. The molecule has 0 fully saturated rings. The number of hydrogen-bond donors (Lipinski definition) is 1. The lowest BCUT2D eigenvalue weighted by Gasteiger charge is -2.08. The molecule has 8 nitrogen and oxygen atoms in total. The van der Waals surface area contributed by atoms with Crippen LogP contribution in [0.5, 0.6) is 5.75 Å². The predicted octanol–water partition coefficient (Wildman–Crippen LogP) is 0.496. The van der Waals surface area contributed by atoms with Crippen molar-refractivity contribution in [3.8, 4) is 5.75 Å². The van der Waals surface area contributed by atoms with Crippen LogP contribution in [0.25, 0.3) is 0 Å². The molecular formula is C12H13N3O5S. The molecule has 0 radical (unpaired) electrons. The van der Waals surface area contributed by atoms with Crippen LogP contribution in [0.2, 0.25) is 0 Å². The number of carbonyl (C=O) groups is 1. The van der Waals surface area contributed by atoms with Crippen LogP contribution in [0.15, 0.2) is 29.3 Å². The highest BCUT2D eigenvalue weighted by Crippen LogP contribution is 2.24. The number of benzene rings is 1.